The largest absolute Gasteiger partial charge is 0.491 e. The van der Waals surface area contributed by atoms with E-state index in [1.54, 1.807) is 6.92 Å². The number of aromatic nitrogens is 2. The van der Waals surface area contributed by atoms with Gasteiger partial charge in [-0.2, -0.15) is 0 Å². The Morgan fingerprint density at radius 2 is 1.95 bits per heavy atom. The summed E-state index contributed by atoms with van der Waals surface area (Å²) in [7, 11) is 0. The van der Waals surface area contributed by atoms with Gasteiger partial charge in [-0.25, -0.2) is 0 Å². The molecule has 108 valence electrons. The second-order valence-corrected chi connectivity index (χ2v) is 5.71. The summed E-state index contributed by atoms with van der Waals surface area (Å²) in [6, 6.07) is 7.78. The van der Waals surface area contributed by atoms with Gasteiger partial charge in [0.15, 0.2) is 0 Å². The van der Waals surface area contributed by atoms with E-state index in [9.17, 15) is 0 Å². The number of nitrogens with two attached hydrogens (primary N) is 1. The predicted molar refractivity (Wildman–Crippen MR) is 78.9 cm³/mol. The molecule has 0 bridgehead atoms. The van der Waals surface area contributed by atoms with Crippen LogP contribution in [-0.2, 0) is 0 Å². The van der Waals surface area contributed by atoms with Crippen LogP contribution in [-0.4, -0.2) is 22.1 Å². The third-order valence-electron chi connectivity index (χ3n) is 2.57. The Balaban J connectivity index is 1.90. The van der Waals surface area contributed by atoms with Crippen LogP contribution in [0.15, 0.2) is 33.9 Å². The van der Waals surface area contributed by atoms with Crippen molar-refractivity contribution in [3.63, 3.8) is 0 Å². The summed E-state index contributed by atoms with van der Waals surface area (Å²) in [5.41, 5.74) is 7.21. The molecule has 0 saturated heterocycles. The highest BCUT2D eigenvalue weighted by molar-refractivity contribution is 7.99. The maximum absolute atomic E-state index is 6.15. The topological polar surface area (TPSA) is 74.2 Å². The van der Waals surface area contributed by atoms with Crippen LogP contribution < -0.4 is 10.5 Å². The molecule has 2 aromatic rings. The highest BCUT2D eigenvalue weighted by Crippen LogP contribution is 2.24. The van der Waals surface area contributed by atoms with Crippen molar-refractivity contribution < 1.29 is 9.15 Å². The fourth-order valence-corrected chi connectivity index (χ4v) is 2.45. The third-order valence-corrected chi connectivity index (χ3v) is 3.51. The van der Waals surface area contributed by atoms with Gasteiger partial charge in [0, 0.05) is 18.7 Å². The van der Waals surface area contributed by atoms with E-state index < -0.39 is 0 Å². The number of ether oxygens (including phenoxy) is 1. The van der Waals surface area contributed by atoms with Crippen molar-refractivity contribution in [2.75, 3.05) is 5.75 Å². The summed E-state index contributed by atoms with van der Waals surface area (Å²) in [4.78, 5) is 0. The normalized spacial score (nSPS) is 12.7. The highest BCUT2D eigenvalue weighted by Gasteiger charge is 2.10. The molecule has 2 N–H and O–H groups in total. The minimum atomic E-state index is -0.0830. The molecule has 0 radical (unpaired) electrons. The monoisotopic (exact) mass is 293 g/mol. The Morgan fingerprint density at radius 3 is 2.50 bits per heavy atom. The van der Waals surface area contributed by atoms with Gasteiger partial charge in [-0.05, 0) is 31.5 Å². The summed E-state index contributed by atoms with van der Waals surface area (Å²) in [6.45, 7) is 5.77. The second-order valence-electron chi connectivity index (χ2n) is 4.74. The number of benzene rings is 1. The van der Waals surface area contributed by atoms with Crippen LogP contribution in [0, 0.1) is 6.92 Å². The van der Waals surface area contributed by atoms with E-state index in [4.69, 9.17) is 14.9 Å². The number of hydrogen-bond donors (Lipinski definition) is 1. The first-order valence-electron chi connectivity index (χ1n) is 6.49. The van der Waals surface area contributed by atoms with Gasteiger partial charge in [0.25, 0.3) is 5.22 Å². The minimum absolute atomic E-state index is 0.0830. The van der Waals surface area contributed by atoms with Crippen LogP contribution in [0.1, 0.15) is 31.3 Å². The molecule has 0 aliphatic rings. The molecule has 0 amide bonds. The van der Waals surface area contributed by atoms with E-state index in [1.807, 2.05) is 38.1 Å². The van der Waals surface area contributed by atoms with Crippen molar-refractivity contribution in [3.8, 4) is 5.75 Å². The Hall–Kier alpha value is -1.53. The van der Waals surface area contributed by atoms with Crippen LogP contribution in [0.25, 0.3) is 0 Å². The van der Waals surface area contributed by atoms with Gasteiger partial charge in [-0.3, -0.25) is 0 Å². The third kappa shape index (κ3) is 4.25. The average Bonchev–Trinajstić information content (AvgIpc) is 2.82. The molecule has 2 rings (SSSR count). The van der Waals surface area contributed by atoms with Crippen molar-refractivity contribution in [1.82, 2.24) is 10.2 Å². The van der Waals surface area contributed by atoms with E-state index in [-0.39, 0.29) is 12.1 Å². The SMILES string of the molecule is Cc1nnc(SCC(N)c2ccc(OC(C)C)cc2)o1. The molecule has 1 aromatic heterocycles. The Labute approximate surface area is 122 Å². The molecule has 6 heteroatoms. The standard InChI is InChI=1S/C14H19N3O2S/c1-9(2)18-12-6-4-11(5-7-12)13(15)8-20-14-17-16-10(3)19-14/h4-7,9,13H,8,15H2,1-3H3. The molecule has 0 aliphatic carbocycles. The highest BCUT2D eigenvalue weighted by atomic mass is 32.2. The molecule has 0 spiro atoms. The van der Waals surface area contributed by atoms with Crippen molar-refractivity contribution in [2.24, 2.45) is 5.73 Å². The molecule has 1 atom stereocenters. The molecule has 1 unspecified atom stereocenters. The van der Waals surface area contributed by atoms with Gasteiger partial charge in [0.05, 0.1) is 6.10 Å². The van der Waals surface area contributed by atoms with Crippen molar-refractivity contribution in [2.45, 2.75) is 38.1 Å². The number of hydrogen-bond acceptors (Lipinski definition) is 6. The molecule has 0 fully saturated rings. The molecule has 0 aliphatic heterocycles. The maximum atomic E-state index is 6.15. The fraction of sp³-hybridized carbons (Fsp3) is 0.429. The van der Waals surface area contributed by atoms with E-state index in [1.165, 1.54) is 11.8 Å². The first-order chi connectivity index (χ1) is 9.54. The quantitative estimate of drug-likeness (QED) is 0.825. The molecule has 1 heterocycles. The summed E-state index contributed by atoms with van der Waals surface area (Å²) in [6.07, 6.45) is 0.172. The van der Waals surface area contributed by atoms with Crippen LogP contribution >= 0.6 is 11.8 Å². The van der Waals surface area contributed by atoms with Crippen LogP contribution in [0.2, 0.25) is 0 Å². The lowest BCUT2D eigenvalue weighted by atomic mass is 10.1. The lowest BCUT2D eigenvalue weighted by Gasteiger charge is -2.13. The van der Waals surface area contributed by atoms with Gasteiger partial charge < -0.3 is 14.9 Å². The Bertz CT molecular complexity index is 540. The number of thioether (sulfide) groups is 1. The van der Waals surface area contributed by atoms with Gasteiger partial charge in [-0.1, -0.05) is 23.9 Å². The number of rotatable bonds is 6. The maximum Gasteiger partial charge on any atom is 0.276 e. The zero-order chi connectivity index (χ0) is 14.5. The van der Waals surface area contributed by atoms with Crippen LogP contribution in [0.4, 0.5) is 0 Å². The first kappa shape index (κ1) is 14.9. The molecule has 20 heavy (non-hydrogen) atoms. The first-order valence-corrected chi connectivity index (χ1v) is 7.48. The second kappa shape index (κ2) is 6.76. The molecule has 5 nitrogen and oxygen atoms in total. The van der Waals surface area contributed by atoms with Gasteiger partial charge >= 0.3 is 0 Å². The van der Waals surface area contributed by atoms with Crippen LogP contribution in [0.3, 0.4) is 0 Å². The van der Waals surface area contributed by atoms with E-state index in [0.717, 1.165) is 11.3 Å². The Kier molecular flexibility index (Phi) is 5.03. The Morgan fingerprint density at radius 1 is 1.25 bits per heavy atom. The van der Waals surface area contributed by atoms with E-state index >= 15 is 0 Å². The van der Waals surface area contributed by atoms with E-state index in [2.05, 4.69) is 10.2 Å². The smallest absolute Gasteiger partial charge is 0.276 e. The molecular weight excluding hydrogens is 274 g/mol. The van der Waals surface area contributed by atoms with Gasteiger partial charge in [0.2, 0.25) is 5.89 Å². The van der Waals surface area contributed by atoms with Crippen molar-refractivity contribution >= 4 is 11.8 Å². The van der Waals surface area contributed by atoms with Gasteiger partial charge in [-0.15, -0.1) is 10.2 Å². The van der Waals surface area contributed by atoms with E-state index in [0.29, 0.717) is 16.9 Å². The average molecular weight is 293 g/mol. The van der Waals surface area contributed by atoms with Crippen molar-refractivity contribution in [3.05, 3.63) is 35.7 Å². The predicted octanol–water partition coefficient (Wildman–Crippen LogP) is 2.96. The zero-order valence-electron chi connectivity index (χ0n) is 11.9. The number of aryl methyl sites for hydroxylation is 1. The summed E-state index contributed by atoms with van der Waals surface area (Å²) >= 11 is 1.46. The fourth-order valence-electron chi connectivity index (χ4n) is 1.66. The summed E-state index contributed by atoms with van der Waals surface area (Å²) < 4.78 is 10.9. The summed E-state index contributed by atoms with van der Waals surface area (Å²) in [5, 5.41) is 8.26. The molecular formula is C14H19N3O2S. The minimum Gasteiger partial charge on any atom is -0.491 e. The lowest BCUT2D eigenvalue weighted by Crippen LogP contribution is -2.13. The molecule has 0 saturated carbocycles. The van der Waals surface area contributed by atoms with Crippen molar-refractivity contribution in [1.29, 1.82) is 0 Å². The molecule has 1 aromatic carbocycles. The lowest BCUT2D eigenvalue weighted by molar-refractivity contribution is 0.242. The summed E-state index contributed by atoms with van der Waals surface area (Å²) in [5.74, 6) is 2.11. The van der Waals surface area contributed by atoms with Gasteiger partial charge in [0.1, 0.15) is 5.75 Å². The zero-order valence-corrected chi connectivity index (χ0v) is 12.7. The van der Waals surface area contributed by atoms with Crippen LogP contribution in [0.5, 0.6) is 5.75 Å². The number of nitrogens with zero attached hydrogens (tertiary/aromatic N) is 2.